The van der Waals surface area contributed by atoms with Crippen LogP contribution in [0, 0.1) is 23.4 Å². The molecule has 3 atom stereocenters. The van der Waals surface area contributed by atoms with E-state index < -0.39 is 44.2 Å². The van der Waals surface area contributed by atoms with Gasteiger partial charge in [0, 0.05) is 37.8 Å². The van der Waals surface area contributed by atoms with Crippen LogP contribution in [0.4, 0.5) is 13.2 Å². The molecule has 2 fully saturated rings. The fourth-order valence-electron chi connectivity index (χ4n) is 5.78. The molecule has 0 aliphatic carbocycles. The van der Waals surface area contributed by atoms with Crippen LogP contribution in [0.25, 0.3) is 0 Å². The average molecular weight is 538 g/mol. The molecule has 2 heterocycles. The van der Waals surface area contributed by atoms with Crippen LogP contribution in [0.1, 0.15) is 50.7 Å². The minimum Gasteiger partial charge on any atom is -0.335 e. The second kappa shape index (κ2) is 10.4. The summed E-state index contributed by atoms with van der Waals surface area (Å²) in [5.74, 6) is -3.69. The third-order valence-corrected chi connectivity index (χ3v) is 10.4. The maximum Gasteiger partial charge on any atom is 0.245 e. The summed E-state index contributed by atoms with van der Waals surface area (Å²) in [5.41, 5.74) is 7.23. The molecule has 4 rings (SSSR count). The average Bonchev–Trinajstić information content (AvgIpc) is 3.10. The molecule has 2 saturated heterocycles. The van der Waals surface area contributed by atoms with E-state index in [2.05, 4.69) is 0 Å². The molecule has 2 aliphatic heterocycles. The van der Waals surface area contributed by atoms with Gasteiger partial charge in [-0.15, -0.1) is 0 Å². The molecule has 0 aromatic heterocycles. The summed E-state index contributed by atoms with van der Waals surface area (Å²) in [5, 5.41) is 0. The second-order valence-electron chi connectivity index (χ2n) is 10.8. The Morgan fingerprint density at radius 2 is 1.62 bits per heavy atom. The fourth-order valence-corrected chi connectivity index (χ4v) is 7.20. The van der Waals surface area contributed by atoms with E-state index in [9.17, 15) is 26.4 Å². The Balaban J connectivity index is 1.46. The first-order chi connectivity index (χ1) is 17.3. The largest absolute Gasteiger partial charge is 0.335 e. The number of fused-ring (bicyclic) bond motifs is 2. The lowest BCUT2D eigenvalue weighted by Gasteiger charge is -2.44. The Kier molecular flexibility index (Phi) is 7.74. The van der Waals surface area contributed by atoms with Crippen molar-refractivity contribution >= 4 is 15.9 Å². The number of carbonyl (C=O) groups excluding carboxylic acids is 1. The highest BCUT2D eigenvalue weighted by molar-refractivity contribution is 7.91. The van der Waals surface area contributed by atoms with Crippen LogP contribution in [-0.2, 0) is 27.8 Å². The quantitative estimate of drug-likeness (QED) is 0.517. The summed E-state index contributed by atoms with van der Waals surface area (Å²) in [4.78, 5) is 15.4. The maximum absolute atomic E-state index is 14.2. The Labute approximate surface area is 216 Å². The third-order valence-electron chi connectivity index (χ3n) is 7.97. The Bertz CT molecular complexity index is 1240. The van der Waals surface area contributed by atoms with E-state index in [-0.39, 0.29) is 36.5 Å². The third kappa shape index (κ3) is 5.28. The van der Waals surface area contributed by atoms with Crippen LogP contribution >= 0.6 is 0 Å². The van der Waals surface area contributed by atoms with Crippen molar-refractivity contribution in [1.29, 1.82) is 0 Å². The highest BCUT2D eigenvalue weighted by atomic mass is 32.2. The van der Waals surface area contributed by atoms with Gasteiger partial charge >= 0.3 is 0 Å². The van der Waals surface area contributed by atoms with Crippen molar-refractivity contribution in [3.8, 4) is 0 Å². The van der Waals surface area contributed by atoms with Crippen molar-refractivity contribution in [1.82, 2.24) is 9.21 Å². The molecule has 0 spiro atoms. The van der Waals surface area contributed by atoms with Crippen LogP contribution in [0.2, 0.25) is 0 Å². The zero-order chi connectivity index (χ0) is 27.1. The molecule has 2 unspecified atom stereocenters. The van der Waals surface area contributed by atoms with Crippen molar-refractivity contribution in [3.63, 3.8) is 0 Å². The number of hydrogen-bond acceptors (Lipinski definition) is 4. The molecule has 6 nitrogen and oxygen atoms in total. The summed E-state index contributed by atoms with van der Waals surface area (Å²) >= 11 is 0. The monoisotopic (exact) mass is 537 g/mol. The van der Waals surface area contributed by atoms with Crippen molar-refractivity contribution < 1.29 is 26.4 Å². The number of halogens is 3. The lowest BCUT2D eigenvalue weighted by atomic mass is 9.82. The topological polar surface area (TPSA) is 83.7 Å². The van der Waals surface area contributed by atoms with Gasteiger partial charge in [0.2, 0.25) is 15.9 Å². The summed E-state index contributed by atoms with van der Waals surface area (Å²) in [6.45, 7) is 3.06. The van der Waals surface area contributed by atoms with Crippen LogP contribution in [-0.4, -0.2) is 53.5 Å². The smallest absolute Gasteiger partial charge is 0.245 e. The second-order valence-corrected chi connectivity index (χ2v) is 13.4. The van der Waals surface area contributed by atoms with Gasteiger partial charge in [-0.2, -0.15) is 4.31 Å². The molecule has 37 heavy (non-hydrogen) atoms. The van der Waals surface area contributed by atoms with Gasteiger partial charge in [0.25, 0.3) is 0 Å². The fraction of sp³-hybridized carbons (Fsp3) is 0.519. The number of carbonyl (C=O) groups is 1. The van der Waals surface area contributed by atoms with Gasteiger partial charge in [-0.05, 0) is 69.1 Å². The van der Waals surface area contributed by atoms with Crippen molar-refractivity contribution in [2.24, 2.45) is 11.7 Å². The van der Waals surface area contributed by atoms with Gasteiger partial charge in [0.1, 0.15) is 5.82 Å². The van der Waals surface area contributed by atoms with Crippen LogP contribution < -0.4 is 5.73 Å². The molecule has 10 heteroatoms. The number of benzene rings is 2. The minimum absolute atomic E-state index is 0.0194. The molecule has 2 aliphatic rings. The Morgan fingerprint density at radius 3 is 2.22 bits per heavy atom. The number of rotatable bonds is 8. The van der Waals surface area contributed by atoms with E-state index in [1.807, 2.05) is 30.3 Å². The van der Waals surface area contributed by atoms with Crippen molar-refractivity contribution in [2.45, 2.75) is 75.4 Å². The normalized spacial score (nSPS) is 22.9. The summed E-state index contributed by atoms with van der Waals surface area (Å²) in [6, 6.07) is 9.70. The summed E-state index contributed by atoms with van der Waals surface area (Å²) in [7, 11) is -2.50. The molecule has 0 saturated carbocycles. The molecule has 2 aromatic rings. The minimum atomic E-state index is -3.98. The molecule has 2 N–H and O–H groups in total. The van der Waals surface area contributed by atoms with E-state index in [0.29, 0.717) is 18.9 Å². The van der Waals surface area contributed by atoms with E-state index in [1.165, 1.54) is 25.2 Å². The molecule has 2 aromatic carbocycles. The molecular weight excluding hydrogens is 503 g/mol. The lowest BCUT2D eigenvalue weighted by molar-refractivity contribution is -0.138. The lowest BCUT2D eigenvalue weighted by Crippen LogP contribution is -2.59. The van der Waals surface area contributed by atoms with Crippen molar-refractivity contribution in [2.75, 3.05) is 7.05 Å². The SMILES string of the molecule is CN(Cc1ccccc1)S(=O)(=O)C(C)(C)C(=O)N1C2CCC1CC([C@H](N)Cc1cc(F)c(F)cc1F)C2. The zero-order valence-electron chi connectivity index (χ0n) is 21.3. The van der Waals surface area contributed by atoms with Gasteiger partial charge in [-0.3, -0.25) is 4.79 Å². The van der Waals surface area contributed by atoms with E-state index >= 15 is 0 Å². The van der Waals surface area contributed by atoms with E-state index in [0.717, 1.165) is 24.5 Å². The van der Waals surface area contributed by atoms with Crippen molar-refractivity contribution in [3.05, 3.63) is 71.0 Å². The number of sulfonamides is 1. The van der Waals surface area contributed by atoms with Crippen LogP contribution in [0.3, 0.4) is 0 Å². The first kappa shape index (κ1) is 27.6. The Hall–Kier alpha value is -2.43. The van der Waals surface area contributed by atoms with E-state index in [4.69, 9.17) is 5.73 Å². The van der Waals surface area contributed by atoms with Crippen LogP contribution in [0.5, 0.6) is 0 Å². The maximum atomic E-state index is 14.2. The van der Waals surface area contributed by atoms with Gasteiger partial charge in [-0.1, -0.05) is 30.3 Å². The van der Waals surface area contributed by atoms with Gasteiger partial charge < -0.3 is 10.6 Å². The summed E-state index contributed by atoms with van der Waals surface area (Å²) in [6.07, 6.45) is 2.60. The van der Waals surface area contributed by atoms with Gasteiger partial charge in [-0.25, -0.2) is 21.6 Å². The number of nitrogens with zero attached hydrogens (tertiary/aromatic N) is 2. The molecule has 202 valence electrons. The molecule has 2 bridgehead atoms. The number of hydrogen-bond donors (Lipinski definition) is 1. The van der Waals surface area contributed by atoms with E-state index in [1.54, 1.807) is 4.90 Å². The molecule has 1 amide bonds. The Morgan fingerprint density at radius 1 is 1.05 bits per heavy atom. The zero-order valence-corrected chi connectivity index (χ0v) is 22.1. The number of nitrogens with two attached hydrogens (primary N) is 1. The van der Waals surface area contributed by atoms with Gasteiger partial charge in [0.15, 0.2) is 16.4 Å². The highest BCUT2D eigenvalue weighted by Gasteiger charge is 2.53. The predicted molar refractivity (Wildman–Crippen MR) is 135 cm³/mol. The first-order valence-corrected chi connectivity index (χ1v) is 14.0. The summed E-state index contributed by atoms with van der Waals surface area (Å²) < 4.78 is 67.6. The van der Waals surface area contributed by atoms with Crippen LogP contribution in [0.15, 0.2) is 42.5 Å². The predicted octanol–water partition coefficient (Wildman–Crippen LogP) is 3.98. The first-order valence-electron chi connectivity index (χ1n) is 12.5. The van der Waals surface area contributed by atoms with Gasteiger partial charge in [0.05, 0.1) is 0 Å². The molecule has 0 radical (unpaired) electrons. The standard InChI is InChI=1S/C27H34F3N3O3S/c1-27(2,37(35,36)32(3)16-17-7-5-4-6-8-17)26(34)33-20-9-10-21(33)12-19(11-20)25(31)14-18-13-23(29)24(30)15-22(18)28/h4-8,13,15,19-21,25H,9-12,14,16,31H2,1-3H3/t19?,20?,21?,25-/m1/s1. The highest BCUT2D eigenvalue weighted by Crippen LogP contribution is 2.42. The number of piperidine rings is 1. The molecular formula is C27H34F3N3O3S. The number of amides is 1.